The number of rotatable bonds is 8. The SMILES string of the molecule is CCOC(=O)NC(CNC(=O)c1cccc(N2NC(=O)C3CC=CCC3C2=O)c1)CC(C)C. The van der Waals surface area contributed by atoms with Crippen LogP contribution in [0.4, 0.5) is 10.5 Å². The van der Waals surface area contributed by atoms with Gasteiger partial charge in [-0.2, -0.15) is 0 Å². The molecule has 0 radical (unpaired) electrons. The first-order valence-corrected chi connectivity index (χ1v) is 11.4. The number of ether oxygens (including phenoxy) is 1. The van der Waals surface area contributed by atoms with E-state index in [0.717, 1.165) is 0 Å². The first-order chi connectivity index (χ1) is 15.8. The maximum Gasteiger partial charge on any atom is 0.407 e. The quantitative estimate of drug-likeness (QED) is 0.520. The summed E-state index contributed by atoms with van der Waals surface area (Å²) in [5.41, 5.74) is 3.45. The van der Waals surface area contributed by atoms with E-state index in [9.17, 15) is 19.2 Å². The Morgan fingerprint density at radius 2 is 1.91 bits per heavy atom. The molecule has 4 amide bonds. The molecule has 2 aliphatic rings. The van der Waals surface area contributed by atoms with Gasteiger partial charge >= 0.3 is 6.09 Å². The van der Waals surface area contributed by atoms with Crippen LogP contribution in [0.15, 0.2) is 36.4 Å². The molecule has 1 heterocycles. The summed E-state index contributed by atoms with van der Waals surface area (Å²) >= 11 is 0. The Hall–Kier alpha value is -3.36. The van der Waals surface area contributed by atoms with Gasteiger partial charge in [0.25, 0.3) is 5.91 Å². The molecule has 0 saturated carbocycles. The van der Waals surface area contributed by atoms with Crippen LogP contribution in [0.3, 0.4) is 0 Å². The van der Waals surface area contributed by atoms with Gasteiger partial charge in [-0.1, -0.05) is 32.1 Å². The van der Waals surface area contributed by atoms with Crippen molar-refractivity contribution in [3.63, 3.8) is 0 Å². The van der Waals surface area contributed by atoms with Crippen LogP contribution in [-0.4, -0.2) is 43.0 Å². The third-order valence-electron chi connectivity index (χ3n) is 5.76. The number of hydrogen-bond donors (Lipinski definition) is 3. The number of benzene rings is 1. The lowest BCUT2D eigenvalue weighted by molar-refractivity contribution is -0.139. The number of carbonyl (C=O) groups excluding carboxylic acids is 4. The highest BCUT2D eigenvalue weighted by atomic mass is 16.5. The lowest BCUT2D eigenvalue weighted by Crippen LogP contribution is -2.59. The summed E-state index contributed by atoms with van der Waals surface area (Å²) < 4.78 is 4.95. The number of alkyl carbamates (subject to hydrolysis) is 1. The molecule has 1 aliphatic carbocycles. The fraction of sp³-hybridized carbons (Fsp3) is 0.500. The molecule has 1 saturated heterocycles. The zero-order valence-electron chi connectivity index (χ0n) is 19.3. The number of hydrogen-bond acceptors (Lipinski definition) is 5. The van der Waals surface area contributed by atoms with Crippen molar-refractivity contribution in [1.29, 1.82) is 0 Å². The largest absolute Gasteiger partial charge is 0.450 e. The second-order valence-electron chi connectivity index (χ2n) is 8.76. The summed E-state index contributed by atoms with van der Waals surface area (Å²) in [4.78, 5) is 50.1. The Balaban J connectivity index is 1.67. The highest BCUT2D eigenvalue weighted by molar-refractivity contribution is 6.05. The van der Waals surface area contributed by atoms with Crippen molar-refractivity contribution in [1.82, 2.24) is 16.1 Å². The molecule has 1 aromatic rings. The normalized spacial score (nSPS) is 20.7. The average molecular weight is 457 g/mol. The Morgan fingerprint density at radius 3 is 2.61 bits per heavy atom. The predicted octanol–water partition coefficient (Wildman–Crippen LogP) is 2.54. The summed E-state index contributed by atoms with van der Waals surface area (Å²) in [5, 5.41) is 6.85. The van der Waals surface area contributed by atoms with E-state index in [2.05, 4.69) is 16.1 Å². The molecule has 1 fully saturated rings. The number of carbonyl (C=O) groups is 4. The van der Waals surface area contributed by atoms with Gasteiger partial charge in [0.2, 0.25) is 11.8 Å². The van der Waals surface area contributed by atoms with Crippen LogP contribution in [0.1, 0.15) is 50.4 Å². The summed E-state index contributed by atoms with van der Waals surface area (Å²) in [6.07, 6.45) is 5.09. The molecule has 0 aromatic heterocycles. The predicted molar refractivity (Wildman–Crippen MR) is 123 cm³/mol. The van der Waals surface area contributed by atoms with E-state index in [-0.39, 0.29) is 42.8 Å². The van der Waals surface area contributed by atoms with Crippen molar-refractivity contribution in [2.24, 2.45) is 17.8 Å². The lowest BCUT2D eigenvalue weighted by Gasteiger charge is -2.38. The second kappa shape index (κ2) is 11.0. The summed E-state index contributed by atoms with van der Waals surface area (Å²) in [6.45, 7) is 6.29. The molecule has 33 heavy (non-hydrogen) atoms. The molecule has 3 unspecified atom stereocenters. The molecule has 9 nitrogen and oxygen atoms in total. The van der Waals surface area contributed by atoms with Crippen LogP contribution in [-0.2, 0) is 14.3 Å². The minimum absolute atomic E-state index is 0.183. The zero-order chi connectivity index (χ0) is 24.0. The summed E-state index contributed by atoms with van der Waals surface area (Å²) in [6, 6.07) is 6.27. The average Bonchev–Trinajstić information content (AvgIpc) is 2.79. The molecular formula is C24H32N4O5. The number of hydrazine groups is 1. The van der Waals surface area contributed by atoms with Gasteiger partial charge in [-0.25, -0.2) is 9.80 Å². The van der Waals surface area contributed by atoms with Crippen molar-refractivity contribution in [3.8, 4) is 0 Å². The van der Waals surface area contributed by atoms with Gasteiger partial charge in [0, 0.05) is 18.2 Å². The highest BCUT2D eigenvalue weighted by Crippen LogP contribution is 2.32. The van der Waals surface area contributed by atoms with Crippen LogP contribution < -0.4 is 21.1 Å². The third kappa shape index (κ3) is 6.12. The third-order valence-corrected chi connectivity index (χ3v) is 5.76. The van der Waals surface area contributed by atoms with Crippen LogP contribution in [0.2, 0.25) is 0 Å². The minimum Gasteiger partial charge on any atom is -0.450 e. The minimum atomic E-state index is -0.519. The second-order valence-corrected chi connectivity index (χ2v) is 8.76. The number of amides is 4. The lowest BCUT2D eigenvalue weighted by atomic mass is 9.80. The number of nitrogens with zero attached hydrogens (tertiary/aromatic N) is 1. The Labute approximate surface area is 193 Å². The van der Waals surface area contributed by atoms with E-state index >= 15 is 0 Å². The van der Waals surface area contributed by atoms with Gasteiger partial charge < -0.3 is 15.4 Å². The van der Waals surface area contributed by atoms with Crippen molar-refractivity contribution >= 4 is 29.5 Å². The van der Waals surface area contributed by atoms with Gasteiger partial charge in [-0.05, 0) is 50.3 Å². The number of allylic oxidation sites excluding steroid dienone is 2. The fourth-order valence-electron chi connectivity index (χ4n) is 4.19. The standard InChI is InChI=1S/C24H32N4O5/c1-4-33-24(32)26-17(12-15(2)3)14-25-21(29)16-8-7-9-18(13-16)28-23(31)20-11-6-5-10-19(20)22(30)27-28/h5-9,13,15,17,19-20H,4,10-12,14H2,1-3H3,(H,25,29)(H,26,32)(H,27,30). The number of fused-ring (bicyclic) bond motifs is 1. The maximum atomic E-state index is 13.0. The van der Waals surface area contributed by atoms with E-state index in [4.69, 9.17) is 4.74 Å². The van der Waals surface area contributed by atoms with Crippen molar-refractivity contribution in [2.75, 3.05) is 18.2 Å². The van der Waals surface area contributed by atoms with E-state index in [1.807, 2.05) is 26.0 Å². The molecule has 1 aliphatic heterocycles. The Bertz CT molecular complexity index is 929. The smallest absolute Gasteiger partial charge is 0.407 e. The van der Waals surface area contributed by atoms with E-state index in [0.29, 0.717) is 36.4 Å². The fourth-order valence-corrected chi connectivity index (χ4v) is 4.19. The molecule has 3 atom stereocenters. The molecule has 0 spiro atoms. The van der Waals surface area contributed by atoms with E-state index < -0.39 is 12.0 Å². The zero-order valence-corrected chi connectivity index (χ0v) is 19.3. The van der Waals surface area contributed by atoms with Crippen molar-refractivity contribution in [2.45, 2.75) is 46.1 Å². The molecule has 0 bridgehead atoms. The van der Waals surface area contributed by atoms with E-state index in [1.54, 1.807) is 31.2 Å². The van der Waals surface area contributed by atoms with Gasteiger partial charge in [0.05, 0.1) is 24.1 Å². The molecule has 178 valence electrons. The van der Waals surface area contributed by atoms with Gasteiger partial charge in [-0.15, -0.1) is 0 Å². The topological polar surface area (TPSA) is 117 Å². The Kier molecular flexibility index (Phi) is 8.08. The first-order valence-electron chi connectivity index (χ1n) is 11.4. The number of nitrogens with one attached hydrogen (secondary N) is 3. The maximum absolute atomic E-state index is 13.0. The molecule has 3 N–H and O–H groups in total. The summed E-state index contributed by atoms with van der Waals surface area (Å²) in [5.74, 6) is -1.16. The molecule has 9 heteroatoms. The van der Waals surface area contributed by atoms with Crippen LogP contribution >= 0.6 is 0 Å². The highest BCUT2D eigenvalue weighted by Gasteiger charge is 2.42. The molecular weight excluding hydrogens is 424 g/mol. The van der Waals surface area contributed by atoms with Crippen molar-refractivity contribution < 1.29 is 23.9 Å². The van der Waals surface area contributed by atoms with Gasteiger partial charge in [-0.3, -0.25) is 19.8 Å². The van der Waals surface area contributed by atoms with Gasteiger partial charge in [0.1, 0.15) is 0 Å². The van der Waals surface area contributed by atoms with Crippen molar-refractivity contribution in [3.05, 3.63) is 42.0 Å². The molecule has 3 rings (SSSR count). The van der Waals surface area contributed by atoms with Crippen LogP contribution in [0, 0.1) is 17.8 Å². The summed E-state index contributed by atoms with van der Waals surface area (Å²) in [7, 11) is 0. The van der Waals surface area contributed by atoms with E-state index in [1.165, 1.54) is 5.01 Å². The van der Waals surface area contributed by atoms with Gasteiger partial charge in [0.15, 0.2) is 0 Å². The molecule has 1 aromatic carbocycles. The van der Waals surface area contributed by atoms with Crippen LogP contribution in [0.5, 0.6) is 0 Å². The number of anilines is 1. The van der Waals surface area contributed by atoms with Crippen LogP contribution in [0.25, 0.3) is 0 Å². The Morgan fingerprint density at radius 1 is 1.18 bits per heavy atom. The monoisotopic (exact) mass is 456 g/mol. The first kappa shape index (κ1) is 24.3.